The Morgan fingerprint density at radius 1 is 1.06 bits per heavy atom. The van der Waals surface area contributed by atoms with E-state index in [0.29, 0.717) is 22.8 Å². The third-order valence-electron chi connectivity index (χ3n) is 4.19. The number of hydrogen-bond acceptors (Lipinski definition) is 10. The van der Waals surface area contributed by atoms with Gasteiger partial charge in [-0.3, -0.25) is 19.7 Å². The van der Waals surface area contributed by atoms with Gasteiger partial charge >= 0.3 is 0 Å². The Balaban J connectivity index is 2.42. The van der Waals surface area contributed by atoms with Gasteiger partial charge in [-0.05, 0) is 17.7 Å². The second-order valence-corrected chi connectivity index (χ2v) is 6.15. The summed E-state index contributed by atoms with van der Waals surface area (Å²) in [4.78, 5) is 49.9. The van der Waals surface area contributed by atoms with Crippen molar-refractivity contribution in [1.82, 2.24) is 9.88 Å². The number of carbonyl (C=O) groups is 1. The highest BCUT2D eigenvalue weighted by Gasteiger charge is 2.20. The van der Waals surface area contributed by atoms with E-state index in [2.05, 4.69) is 10.2 Å². The van der Waals surface area contributed by atoms with Crippen LogP contribution < -0.4 is 25.1 Å². The molecule has 1 aromatic heterocycles. The minimum absolute atomic E-state index is 0.151. The number of benzene rings is 1. The van der Waals surface area contributed by atoms with Crippen molar-refractivity contribution in [3.05, 3.63) is 66.1 Å². The Morgan fingerprint density at radius 2 is 1.69 bits per heavy atom. The molecule has 1 amide bonds. The molecule has 0 bridgehead atoms. The first kappa shape index (κ1) is 23.9. The number of nitro groups is 1. The minimum Gasteiger partial charge on any atom is -0.493 e. The molecule has 32 heavy (non-hydrogen) atoms. The van der Waals surface area contributed by atoms with Crippen LogP contribution in [-0.2, 0) is 11.4 Å². The van der Waals surface area contributed by atoms with Crippen LogP contribution in [0.1, 0.15) is 15.9 Å². The summed E-state index contributed by atoms with van der Waals surface area (Å²) < 4.78 is 16.7. The Kier molecular flexibility index (Phi) is 7.92. The summed E-state index contributed by atoms with van der Waals surface area (Å²) in [5, 5.41) is 22.7. The van der Waals surface area contributed by atoms with Crippen LogP contribution >= 0.6 is 0 Å². The second-order valence-electron chi connectivity index (χ2n) is 6.15. The van der Waals surface area contributed by atoms with Gasteiger partial charge in [0.05, 0.1) is 39.0 Å². The van der Waals surface area contributed by atoms with Gasteiger partial charge in [-0.1, -0.05) is 0 Å². The number of amides is 1. The topological polar surface area (TPSA) is 174 Å². The third-order valence-corrected chi connectivity index (χ3v) is 4.19. The van der Waals surface area contributed by atoms with Crippen LogP contribution in [0.25, 0.3) is 0 Å². The number of nitrogens with zero attached hydrogens (tertiary/aromatic N) is 3. The number of hydrogen-bond donors (Lipinski definition) is 1. The van der Waals surface area contributed by atoms with E-state index < -0.39 is 39.3 Å². The van der Waals surface area contributed by atoms with Crippen LogP contribution in [0.2, 0.25) is 0 Å². The summed E-state index contributed by atoms with van der Waals surface area (Å²) in [6.45, 7) is -0.885. The molecule has 1 heterocycles. The molecular formula is C18H20N4O10. The lowest BCUT2D eigenvalue weighted by Gasteiger charge is -2.15. The highest BCUT2D eigenvalue weighted by molar-refractivity contribution is 5.94. The van der Waals surface area contributed by atoms with E-state index in [0.717, 1.165) is 16.8 Å². The molecule has 0 unspecified atom stereocenters. The molecule has 0 spiro atoms. The third kappa shape index (κ3) is 5.62. The van der Waals surface area contributed by atoms with Gasteiger partial charge in [0.1, 0.15) is 12.2 Å². The number of nitrogens with one attached hydrogen (secondary N) is 1. The van der Waals surface area contributed by atoms with Crippen molar-refractivity contribution in [2.75, 3.05) is 34.5 Å². The van der Waals surface area contributed by atoms with E-state index in [-0.39, 0.29) is 13.1 Å². The quantitative estimate of drug-likeness (QED) is 0.291. The van der Waals surface area contributed by atoms with E-state index >= 15 is 0 Å². The maximum atomic E-state index is 12.8. The normalized spacial score (nSPS) is 10.2. The molecule has 0 saturated carbocycles. The molecule has 1 N–H and O–H groups in total. The van der Waals surface area contributed by atoms with Gasteiger partial charge in [-0.15, -0.1) is 10.1 Å². The Labute approximate surface area is 180 Å². The smallest absolute Gasteiger partial charge is 0.294 e. The van der Waals surface area contributed by atoms with Crippen LogP contribution in [0.15, 0.2) is 29.2 Å². The van der Waals surface area contributed by atoms with E-state index in [1.165, 1.54) is 21.3 Å². The van der Waals surface area contributed by atoms with Crippen LogP contribution in [0.5, 0.6) is 17.2 Å². The van der Waals surface area contributed by atoms with Crippen molar-refractivity contribution in [3.8, 4) is 17.2 Å². The predicted octanol–water partition coefficient (Wildman–Crippen LogP) is 0.769. The molecule has 2 rings (SSSR count). The van der Waals surface area contributed by atoms with Gasteiger partial charge in [0.25, 0.3) is 22.2 Å². The van der Waals surface area contributed by atoms with E-state index in [1.807, 2.05) is 0 Å². The van der Waals surface area contributed by atoms with Gasteiger partial charge in [0.15, 0.2) is 11.5 Å². The zero-order valence-electron chi connectivity index (χ0n) is 17.4. The van der Waals surface area contributed by atoms with Crippen molar-refractivity contribution in [1.29, 1.82) is 0 Å². The highest BCUT2D eigenvalue weighted by atomic mass is 16.9. The maximum absolute atomic E-state index is 12.8. The van der Waals surface area contributed by atoms with E-state index in [9.17, 15) is 29.8 Å². The second kappa shape index (κ2) is 10.6. The van der Waals surface area contributed by atoms with Crippen molar-refractivity contribution < 1.29 is 33.9 Å². The number of pyridine rings is 1. The largest absolute Gasteiger partial charge is 0.493 e. The molecule has 0 saturated heterocycles. The molecule has 0 aliphatic heterocycles. The number of rotatable bonds is 11. The molecule has 14 nitrogen and oxygen atoms in total. The lowest BCUT2D eigenvalue weighted by Crippen LogP contribution is -2.35. The average molecular weight is 452 g/mol. The molecule has 2 aromatic rings. The zero-order valence-corrected chi connectivity index (χ0v) is 17.4. The summed E-state index contributed by atoms with van der Waals surface area (Å²) in [6, 6.07) is 3.94. The summed E-state index contributed by atoms with van der Waals surface area (Å²) in [6.07, 6.45) is 0.998. The Morgan fingerprint density at radius 3 is 2.19 bits per heavy atom. The number of ether oxygens (including phenoxy) is 3. The molecule has 0 radical (unpaired) electrons. The van der Waals surface area contributed by atoms with Gasteiger partial charge in [0, 0.05) is 12.6 Å². The molecular weight excluding hydrogens is 432 g/mol. The number of aromatic nitrogens is 1. The van der Waals surface area contributed by atoms with Gasteiger partial charge < -0.3 is 28.9 Å². The van der Waals surface area contributed by atoms with Gasteiger partial charge in [-0.2, -0.15) is 0 Å². The monoisotopic (exact) mass is 452 g/mol. The van der Waals surface area contributed by atoms with Gasteiger partial charge in [-0.25, -0.2) is 0 Å². The zero-order chi connectivity index (χ0) is 23.8. The van der Waals surface area contributed by atoms with Crippen molar-refractivity contribution >= 4 is 11.6 Å². The molecule has 0 aliphatic rings. The van der Waals surface area contributed by atoms with Crippen LogP contribution in [0, 0.1) is 20.2 Å². The summed E-state index contributed by atoms with van der Waals surface area (Å²) >= 11 is 0. The van der Waals surface area contributed by atoms with Gasteiger partial charge in [0.2, 0.25) is 5.75 Å². The van der Waals surface area contributed by atoms with Crippen molar-refractivity contribution in [2.24, 2.45) is 0 Å². The van der Waals surface area contributed by atoms with Crippen LogP contribution in [-0.4, -0.2) is 55.0 Å². The highest BCUT2D eigenvalue weighted by Crippen LogP contribution is 2.38. The lowest BCUT2D eigenvalue weighted by atomic mass is 10.1. The number of methoxy groups -OCH3 is 3. The average Bonchev–Trinajstić information content (AvgIpc) is 2.76. The van der Waals surface area contributed by atoms with E-state index in [4.69, 9.17) is 14.2 Å². The minimum atomic E-state index is -1.04. The number of carbonyl (C=O) groups excluding carboxylic acids is 1. The van der Waals surface area contributed by atoms with Crippen LogP contribution in [0.3, 0.4) is 0 Å². The molecule has 0 atom stereocenters. The molecule has 0 aliphatic carbocycles. The fourth-order valence-electron chi connectivity index (χ4n) is 2.80. The van der Waals surface area contributed by atoms with Crippen molar-refractivity contribution in [2.45, 2.75) is 6.54 Å². The fourth-order valence-corrected chi connectivity index (χ4v) is 2.80. The first-order valence-corrected chi connectivity index (χ1v) is 8.95. The fraction of sp³-hybridized carbons (Fsp3) is 0.333. The maximum Gasteiger partial charge on any atom is 0.294 e. The molecule has 0 fully saturated rings. The molecule has 14 heteroatoms. The summed E-state index contributed by atoms with van der Waals surface area (Å²) in [5.41, 5.74) is -1.33. The summed E-state index contributed by atoms with van der Waals surface area (Å²) in [7, 11) is 4.24. The first-order valence-electron chi connectivity index (χ1n) is 8.95. The Bertz CT molecular complexity index is 1060. The van der Waals surface area contributed by atoms with E-state index in [1.54, 1.807) is 12.1 Å². The van der Waals surface area contributed by atoms with Crippen molar-refractivity contribution in [3.63, 3.8) is 0 Å². The SMILES string of the molecule is COc1cc(Cn2cc([N+](=O)[O-])cc(C(=O)NCCO[N+](=O)[O-])c2=O)cc(OC)c1OC. The standard InChI is InChI=1S/C18H20N4O10/c1-29-14-6-11(7-15(30-2)16(14)31-3)9-20-10-12(21(25)26)8-13(18(20)24)17(23)19-4-5-32-22(27)28/h6-8,10H,4-5,9H2,1-3H3,(H,19,23). The molecule has 172 valence electrons. The van der Waals surface area contributed by atoms with Crippen LogP contribution in [0.4, 0.5) is 5.69 Å². The predicted molar refractivity (Wildman–Crippen MR) is 108 cm³/mol. The summed E-state index contributed by atoms with van der Waals surface area (Å²) in [5.74, 6) is -0.000359. The molecule has 1 aromatic carbocycles. The Hall–Kier alpha value is -4.36. The lowest BCUT2D eigenvalue weighted by molar-refractivity contribution is -0.757. The first-order chi connectivity index (χ1) is 15.2.